The first-order valence-corrected chi connectivity index (χ1v) is 9.07. The highest BCUT2D eigenvalue weighted by atomic mass is 16.1. The molecule has 1 aliphatic heterocycles. The highest BCUT2D eigenvalue weighted by Gasteiger charge is 2.32. The van der Waals surface area contributed by atoms with Crippen LogP contribution in [0.2, 0.25) is 0 Å². The summed E-state index contributed by atoms with van der Waals surface area (Å²) in [5, 5.41) is 7.57. The summed E-state index contributed by atoms with van der Waals surface area (Å²) in [6, 6.07) is 11.1. The fraction of sp³-hybridized carbons (Fsp3) is 0.500. The van der Waals surface area contributed by atoms with Gasteiger partial charge in [0.15, 0.2) is 0 Å². The fourth-order valence-corrected chi connectivity index (χ4v) is 3.87. The maximum Gasteiger partial charge on any atom is 0.217 e. The van der Waals surface area contributed by atoms with Crippen molar-refractivity contribution in [2.24, 2.45) is 7.05 Å². The molecule has 0 radical (unpaired) electrons. The molecule has 1 aromatic heterocycles. The minimum Gasteiger partial charge on any atom is -0.352 e. The van der Waals surface area contributed by atoms with E-state index in [4.69, 9.17) is 0 Å². The molecule has 1 aromatic carbocycles. The molecule has 1 saturated heterocycles. The van der Waals surface area contributed by atoms with Crippen LogP contribution in [0.15, 0.2) is 36.5 Å². The van der Waals surface area contributed by atoms with Gasteiger partial charge in [0, 0.05) is 32.6 Å². The second-order valence-electron chi connectivity index (χ2n) is 7.07. The van der Waals surface area contributed by atoms with Gasteiger partial charge in [0.25, 0.3) is 0 Å². The number of carbonyl (C=O) groups is 1. The van der Waals surface area contributed by atoms with E-state index in [2.05, 4.69) is 46.5 Å². The molecule has 0 spiro atoms. The number of nitrogens with zero attached hydrogens (tertiary/aromatic N) is 3. The predicted octanol–water partition coefficient (Wildman–Crippen LogP) is 2.44. The summed E-state index contributed by atoms with van der Waals surface area (Å²) in [6.07, 6.45) is 5.02. The van der Waals surface area contributed by atoms with Crippen LogP contribution in [0.25, 0.3) is 0 Å². The number of aromatic nitrogens is 2. The van der Waals surface area contributed by atoms with Gasteiger partial charge in [0.2, 0.25) is 5.91 Å². The SMILES string of the molecule is CC(=O)N[C@H]1CCCN(Cc2c(C)cnn2C)[C@H]1Cc1ccccc1. The Bertz CT molecular complexity index is 690. The Balaban J connectivity index is 1.83. The molecule has 5 heteroatoms. The Morgan fingerprint density at radius 1 is 1.32 bits per heavy atom. The van der Waals surface area contributed by atoms with Crippen molar-refractivity contribution in [3.8, 4) is 0 Å². The monoisotopic (exact) mass is 340 g/mol. The number of amides is 1. The van der Waals surface area contributed by atoms with E-state index in [1.807, 2.05) is 24.0 Å². The zero-order valence-electron chi connectivity index (χ0n) is 15.4. The molecule has 1 aliphatic rings. The molecular formula is C20H28N4O. The Morgan fingerprint density at radius 2 is 2.08 bits per heavy atom. The van der Waals surface area contributed by atoms with Gasteiger partial charge in [-0.05, 0) is 43.9 Å². The number of piperidine rings is 1. The minimum atomic E-state index is 0.0571. The maximum absolute atomic E-state index is 11.7. The van der Waals surface area contributed by atoms with Crippen LogP contribution < -0.4 is 5.32 Å². The molecule has 0 saturated carbocycles. The molecule has 5 nitrogen and oxygen atoms in total. The molecule has 1 fully saturated rings. The Hall–Kier alpha value is -2.14. The third kappa shape index (κ3) is 4.28. The number of aryl methyl sites for hydroxylation is 2. The van der Waals surface area contributed by atoms with Gasteiger partial charge < -0.3 is 5.32 Å². The third-order valence-electron chi connectivity index (χ3n) is 5.19. The number of hydrogen-bond acceptors (Lipinski definition) is 3. The number of nitrogens with one attached hydrogen (secondary N) is 1. The van der Waals surface area contributed by atoms with Gasteiger partial charge in [0.05, 0.1) is 11.9 Å². The molecule has 2 aromatic rings. The minimum absolute atomic E-state index is 0.0571. The summed E-state index contributed by atoms with van der Waals surface area (Å²) in [5.41, 5.74) is 3.79. The van der Waals surface area contributed by atoms with Crippen LogP contribution in [0.4, 0.5) is 0 Å². The van der Waals surface area contributed by atoms with Crippen molar-refractivity contribution in [2.45, 2.75) is 51.7 Å². The van der Waals surface area contributed by atoms with E-state index in [-0.39, 0.29) is 11.9 Å². The lowest BCUT2D eigenvalue weighted by Gasteiger charge is -2.42. The largest absolute Gasteiger partial charge is 0.352 e. The van der Waals surface area contributed by atoms with E-state index >= 15 is 0 Å². The van der Waals surface area contributed by atoms with Crippen LogP contribution in [-0.4, -0.2) is 39.2 Å². The van der Waals surface area contributed by atoms with E-state index in [1.54, 1.807) is 6.92 Å². The number of benzene rings is 1. The molecule has 2 atom stereocenters. The summed E-state index contributed by atoms with van der Waals surface area (Å²) >= 11 is 0. The van der Waals surface area contributed by atoms with Gasteiger partial charge in [-0.25, -0.2) is 0 Å². The van der Waals surface area contributed by atoms with Crippen LogP contribution in [0.3, 0.4) is 0 Å². The van der Waals surface area contributed by atoms with Gasteiger partial charge in [-0.3, -0.25) is 14.4 Å². The van der Waals surface area contributed by atoms with Crippen LogP contribution in [0.1, 0.15) is 36.6 Å². The van der Waals surface area contributed by atoms with Crippen molar-refractivity contribution >= 4 is 5.91 Å². The molecule has 0 bridgehead atoms. The fourth-order valence-electron chi connectivity index (χ4n) is 3.87. The van der Waals surface area contributed by atoms with Crippen molar-refractivity contribution in [2.75, 3.05) is 6.54 Å². The molecule has 1 N–H and O–H groups in total. The molecule has 25 heavy (non-hydrogen) atoms. The van der Waals surface area contributed by atoms with Gasteiger partial charge >= 0.3 is 0 Å². The quantitative estimate of drug-likeness (QED) is 0.909. The van der Waals surface area contributed by atoms with Gasteiger partial charge in [0.1, 0.15) is 0 Å². The molecule has 134 valence electrons. The average molecular weight is 340 g/mol. The van der Waals surface area contributed by atoms with Crippen molar-refractivity contribution in [3.63, 3.8) is 0 Å². The van der Waals surface area contributed by atoms with Gasteiger partial charge in [-0.2, -0.15) is 5.10 Å². The lowest BCUT2D eigenvalue weighted by atomic mass is 9.90. The number of carbonyl (C=O) groups excluding carboxylic acids is 1. The summed E-state index contributed by atoms with van der Waals surface area (Å²) in [7, 11) is 2.00. The van der Waals surface area contributed by atoms with Crippen molar-refractivity contribution in [1.82, 2.24) is 20.0 Å². The van der Waals surface area contributed by atoms with E-state index in [0.29, 0.717) is 6.04 Å². The topological polar surface area (TPSA) is 50.2 Å². The zero-order chi connectivity index (χ0) is 17.8. The first-order chi connectivity index (χ1) is 12.0. The van der Waals surface area contributed by atoms with Gasteiger partial charge in [-0.1, -0.05) is 30.3 Å². The first-order valence-electron chi connectivity index (χ1n) is 9.07. The Labute approximate surface area is 150 Å². The Morgan fingerprint density at radius 3 is 2.72 bits per heavy atom. The Kier molecular flexibility index (Phi) is 5.53. The lowest BCUT2D eigenvalue weighted by molar-refractivity contribution is -0.120. The van der Waals surface area contributed by atoms with Crippen LogP contribution in [0, 0.1) is 6.92 Å². The van der Waals surface area contributed by atoms with E-state index < -0.39 is 0 Å². The zero-order valence-corrected chi connectivity index (χ0v) is 15.4. The van der Waals surface area contributed by atoms with Gasteiger partial charge in [-0.15, -0.1) is 0 Å². The summed E-state index contributed by atoms with van der Waals surface area (Å²) in [6.45, 7) is 5.65. The van der Waals surface area contributed by atoms with E-state index in [1.165, 1.54) is 16.8 Å². The average Bonchev–Trinajstić information content (AvgIpc) is 2.90. The predicted molar refractivity (Wildman–Crippen MR) is 99.1 cm³/mol. The smallest absolute Gasteiger partial charge is 0.217 e. The summed E-state index contributed by atoms with van der Waals surface area (Å²) < 4.78 is 1.97. The summed E-state index contributed by atoms with van der Waals surface area (Å²) in [5.74, 6) is 0.0571. The second kappa shape index (κ2) is 7.83. The molecule has 3 rings (SSSR count). The van der Waals surface area contributed by atoms with Crippen LogP contribution in [-0.2, 0) is 24.8 Å². The van der Waals surface area contributed by atoms with E-state index in [0.717, 1.165) is 32.4 Å². The standard InChI is InChI=1S/C20H28N4O/c1-15-13-21-23(3)20(15)14-24-11-7-10-18(22-16(2)25)19(24)12-17-8-5-4-6-9-17/h4-6,8-9,13,18-19H,7,10-12,14H2,1-3H3,(H,22,25)/t18-,19-/m0/s1. The maximum atomic E-state index is 11.7. The molecule has 2 heterocycles. The molecule has 1 amide bonds. The van der Waals surface area contributed by atoms with E-state index in [9.17, 15) is 4.79 Å². The number of rotatable bonds is 5. The highest BCUT2D eigenvalue weighted by Crippen LogP contribution is 2.24. The van der Waals surface area contributed by atoms with Crippen molar-refractivity contribution < 1.29 is 4.79 Å². The lowest BCUT2D eigenvalue weighted by Crippen LogP contribution is -2.55. The normalized spacial score (nSPS) is 21.2. The molecule has 0 aliphatic carbocycles. The van der Waals surface area contributed by atoms with Crippen LogP contribution in [0.5, 0.6) is 0 Å². The third-order valence-corrected chi connectivity index (χ3v) is 5.19. The highest BCUT2D eigenvalue weighted by molar-refractivity contribution is 5.73. The second-order valence-corrected chi connectivity index (χ2v) is 7.07. The molecule has 0 unspecified atom stereocenters. The number of likely N-dealkylation sites (tertiary alicyclic amines) is 1. The van der Waals surface area contributed by atoms with Crippen molar-refractivity contribution in [1.29, 1.82) is 0 Å². The summed E-state index contributed by atoms with van der Waals surface area (Å²) in [4.78, 5) is 14.2. The van der Waals surface area contributed by atoms with Crippen molar-refractivity contribution in [3.05, 3.63) is 53.3 Å². The van der Waals surface area contributed by atoms with Crippen LogP contribution >= 0.6 is 0 Å². The first kappa shape index (κ1) is 17.7. The molecular weight excluding hydrogens is 312 g/mol. The number of hydrogen-bond donors (Lipinski definition) is 1.